The molecular weight excluding hydrogens is 283 g/mol. The number of halogens is 1. The molecule has 2 atom stereocenters. The second-order valence-corrected chi connectivity index (χ2v) is 6.84. The lowest BCUT2D eigenvalue weighted by molar-refractivity contribution is -0.139. The molecule has 2 unspecified atom stereocenters. The zero-order chi connectivity index (χ0) is 15.9. The number of fused-ring (bicyclic) bond motifs is 1. The van der Waals surface area contributed by atoms with Crippen LogP contribution in [0.2, 0.25) is 0 Å². The third kappa shape index (κ3) is 2.76. The number of hydrogen-bond acceptors (Lipinski definition) is 3. The van der Waals surface area contributed by atoms with Crippen molar-refractivity contribution in [3.8, 4) is 5.75 Å². The quantitative estimate of drug-likeness (QED) is 0.671. The van der Waals surface area contributed by atoms with Gasteiger partial charge in [0.15, 0.2) is 11.6 Å². The van der Waals surface area contributed by atoms with E-state index in [1.54, 1.807) is 6.92 Å². The van der Waals surface area contributed by atoms with Gasteiger partial charge in [0.2, 0.25) is 0 Å². The summed E-state index contributed by atoms with van der Waals surface area (Å²) < 4.78 is 20.0. The van der Waals surface area contributed by atoms with Crippen molar-refractivity contribution in [1.29, 1.82) is 0 Å². The van der Waals surface area contributed by atoms with Crippen molar-refractivity contribution in [2.75, 3.05) is 0 Å². The molecule has 0 bridgehead atoms. The Morgan fingerprint density at radius 1 is 1.27 bits per heavy atom. The lowest BCUT2D eigenvalue weighted by atomic mass is 9.76. The van der Waals surface area contributed by atoms with Crippen LogP contribution in [-0.2, 0) is 11.2 Å². The maximum atomic E-state index is 14.8. The van der Waals surface area contributed by atoms with Crippen molar-refractivity contribution in [2.45, 2.75) is 58.0 Å². The highest BCUT2D eigenvalue weighted by atomic mass is 19.1. The van der Waals surface area contributed by atoms with Crippen molar-refractivity contribution >= 4 is 5.97 Å². The van der Waals surface area contributed by atoms with Gasteiger partial charge < -0.3 is 9.84 Å². The number of ether oxygens (including phenoxy) is 1. The van der Waals surface area contributed by atoms with Crippen molar-refractivity contribution in [3.05, 3.63) is 29.1 Å². The highest BCUT2D eigenvalue weighted by Gasteiger charge is 2.32. The van der Waals surface area contributed by atoms with Crippen LogP contribution in [0.5, 0.6) is 5.75 Å². The number of carbonyl (C=O) groups excluding carboxylic acids is 1. The van der Waals surface area contributed by atoms with Gasteiger partial charge in [-0.05, 0) is 62.0 Å². The summed E-state index contributed by atoms with van der Waals surface area (Å²) in [6.07, 6.45) is 3.81. The van der Waals surface area contributed by atoms with E-state index in [-0.39, 0.29) is 35.5 Å². The Hall–Kier alpha value is -1.42. The molecule has 1 N–H and O–H groups in total. The maximum absolute atomic E-state index is 14.8. The van der Waals surface area contributed by atoms with E-state index >= 15 is 0 Å². The van der Waals surface area contributed by atoms with Crippen molar-refractivity contribution in [3.63, 3.8) is 0 Å². The van der Waals surface area contributed by atoms with E-state index in [2.05, 4.69) is 0 Å². The van der Waals surface area contributed by atoms with Crippen LogP contribution in [0.25, 0.3) is 0 Å². The molecule has 0 spiro atoms. The van der Waals surface area contributed by atoms with Gasteiger partial charge in [-0.25, -0.2) is 4.39 Å². The van der Waals surface area contributed by atoms with Gasteiger partial charge in [0, 0.05) is 0 Å². The van der Waals surface area contributed by atoms with E-state index in [0.717, 1.165) is 31.2 Å². The molecule has 22 heavy (non-hydrogen) atoms. The standard InChI is InChI=1S/C18H23FO3/c1-10-9-14-7-8-15(16(19)17(14)22-18(10)21)13-5-3-12(4-6-13)11(2)20/h7-8,10-13,20H,3-6,9H2,1-2H3. The normalized spacial score (nSPS) is 29.6. The minimum Gasteiger partial charge on any atom is -0.423 e. The minimum absolute atomic E-state index is 0.137. The van der Waals surface area contributed by atoms with Crippen molar-refractivity contribution < 1.29 is 19.0 Å². The van der Waals surface area contributed by atoms with Crippen LogP contribution < -0.4 is 4.74 Å². The second kappa shape index (κ2) is 5.99. The Morgan fingerprint density at radius 3 is 2.59 bits per heavy atom. The van der Waals surface area contributed by atoms with E-state index in [9.17, 15) is 14.3 Å². The summed E-state index contributed by atoms with van der Waals surface area (Å²) in [7, 11) is 0. The molecule has 0 saturated heterocycles. The first-order valence-electron chi connectivity index (χ1n) is 8.18. The third-order valence-corrected chi connectivity index (χ3v) is 5.23. The molecule has 3 rings (SSSR count). The van der Waals surface area contributed by atoms with Crippen LogP contribution in [0.1, 0.15) is 56.6 Å². The van der Waals surface area contributed by atoms with Crippen molar-refractivity contribution in [1.82, 2.24) is 0 Å². The third-order valence-electron chi connectivity index (χ3n) is 5.23. The summed E-state index contributed by atoms with van der Waals surface area (Å²) in [6, 6.07) is 3.75. The van der Waals surface area contributed by atoms with Gasteiger partial charge in [-0.3, -0.25) is 4.79 Å². The van der Waals surface area contributed by atoms with Crippen LogP contribution in [-0.4, -0.2) is 17.2 Å². The van der Waals surface area contributed by atoms with Gasteiger partial charge in [0.25, 0.3) is 0 Å². The number of esters is 1. The number of rotatable bonds is 2. The largest absolute Gasteiger partial charge is 0.423 e. The van der Waals surface area contributed by atoms with Crippen LogP contribution >= 0.6 is 0 Å². The molecule has 1 aliphatic heterocycles. The van der Waals surface area contributed by atoms with E-state index in [1.807, 2.05) is 19.1 Å². The summed E-state index contributed by atoms with van der Waals surface area (Å²) in [5.41, 5.74) is 1.44. The molecule has 1 aliphatic carbocycles. The Bertz CT molecular complexity index is 574. The highest BCUT2D eigenvalue weighted by molar-refractivity contribution is 5.77. The van der Waals surface area contributed by atoms with Crippen LogP contribution in [0.3, 0.4) is 0 Å². The lowest BCUT2D eigenvalue weighted by Crippen LogP contribution is -2.27. The lowest BCUT2D eigenvalue weighted by Gasteiger charge is -2.31. The van der Waals surface area contributed by atoms with Crippen molar-refractivity contribution in [2.24, 2.45) is 11.8 Å². The Morgan fingerprint density at radius 2 is 1.95 bits per heavy atom. The molecule has 0 amide bonds. The first kappa shape index (κ1) is 15.5. The first-order chi connectivity index (χ1) is 10.5. The summed E-state index contributed by atoms with van der Waals surface area (Å²) in [5, 5.41) is 9.67. The summed E-state index contributed by atoms with van der Waals surface area (Å²) in [5.74, 6) is -0.314. The molecule has 1 aromatic carbocycles. The van der Waals surface area contributed by atoms with Gasteiger partial charge in [-0.15, -0.1) is 0 Å². The van der Waals surface area contributed by atoms with Crippen LogP contribution in [0.15, 0.2) is 12.1 Å². The molecule has 2 aliphatic rings. The topological polar surface area (TPSA) is 46.5 Å². The molecule has 3 nitrogen and oxygen atoms in total. The predicted molar refractivity (Wildman–Crippen MR) is 81.3 cm³/mol. The summed E-state index contributed by atoms with van der Waals surface area (Å²) in [6.45, 7) is 3.62. The van der Waals surface area contributed by atoms with E-state index in [1.165, 1.54) is 0 Å². The first-order valence-corrected chi connectivity index (χ1v) is 8.18. The van der Waals surface area contributed by atoms with Gasteiger partial charge in [0.1, 0.15) is 0 Å². The number of carbonyl (C=O) groups is 1. The fourth-order valence-corrected chi connectivity index (χ4v) is 3.72. The molecular formula is C18H23FO3. The Labute approximate surface area is 130 Å². The SMILES string of the molecule is CC1Cc2ccc(C3CCC(C(C)O)CC3)c(F)c2OC1=O. The highest BCUT2D eigenvalue weighted by Crippen LogP contribution is 2.41. The van der Waals surface area contributed by atoms with Crippen LogP contribution in [0, 0.1) is 17.7 Å². The Balaban J connectivity index is 1.82. The average Bonchev–Trinajstić information content (AvgIpc) is 2.50. The van der Waals surface area contributed by atoms with E-state index < -0.39 is 0 Å². The number of hydrogen-bond donors (Lipinski definition) is 1. The fourth-order valence-electron chi connectivity index (χ4n) is 3.72. The zero-order valence-electron chi connectivity index (χ0n) is 13.1. The molecule has 120 valence electrons. The summed E-state index contributed by atoms with van der Waals surface area (Å²) >= 11 is 0. The average molecular weight is 306 g/mol. The number of aliphatic hydroxyl groups excluding tert-OH is 1. The molecule has 0 aromatic heterocycles. The second-order valence-electron chi connectivity index (χ2n) is 6.84. The summed E-state index contributed by atoms with van der Waals surface area (Å²) in [4.78, 5) is 11.7. The van der Waals surface area contributed by atoms with Crippen LogP contribution in [0.4, 0.5) is 4.39 Å². The fraction of sp³-hybridized carbons (Fsp3) is 0.611. The smallest absolute Gasteiger partial charge is 0.314 e. The van der Waals surface area contributed by atoms with Gasteiger partial charge in [-0.1, -0.05) is 19.1 Å². The minimum atomic E-state index is -0.363. The monoisotopic (exact) mass is 306 g/mol. The predicted octanol–water partition coefficient (Wildman–Crippen LogP) is 3.58. The molecule has 1 heterocycles. The molecule has 1 fully saturated rings. The zero-order valence-corrected chi connectivity index (χ0v) is 13.1. The van der Waals surface area contributed by atoms with E-state index in [0.29, 0.717) is 17.9 Å². The molecule has 4 heteroatoms. The van der Waals surface area contributed by atoms with Gasteiger partial charge in [0.05, 0.1) is 12.0 Å². The van der Waals surface area contributed by atoms with E-state index in [4.69, 9.17) is 4.74 Å². The number of aliphatic hydroxyl groups is 1. The maximum Gasteiger partial charge on any atom is 0.314 e. The van der Waals surface area contributed by atoms with Gasteiger partial charge >= 0.3 is 5.97 Å². The van der Waals surface area contributed by atoms with Gasteiger partial charge in [-0.2, -0.15) is 0 Å². The number of benzene rings is 1. The molecule has 1 saturated carbocycles. The Kier molecular flexibility index (Phi) is 4.22. The molecule has 0 radical (unpaired) electrons. The molecule has 1 aromatic rings.